The summed E-state index contributed by atoms with van der Waals surface area (Å²) in [5.74, 6) is -0.448. The first-order valence-electron chi connectivity index (χ1n) is 6.03. The molecule has 0 bridgehead atoms. The Kier molecular flexibility index (Phi) is 4.10. The smallest absolute Gasteiger partial charge is 0.338 e. The van der Waals surface area contributed by atoms with Crippen LogP contribution in [0.15, 0.2) is 48.5 Å². The molecule has 0 aromatic heterocycles. The van der Waals surface area contributed by atoms with Gasteiger partial charge in [0, 0.05) is 12.1 Å². The molecule has 0 amide bonds. The van der Waals surface area contributed by atoms with E-state index in [0.717, 1.165) is 5.56 Å². The quantitative estimate of drug-likeness (QED) is 0.486. The number of nitrogens with zero attached hydrogens (tertiary/aromatic N) is 1. The van der Waals surface area contributed by atoms with Gasteiger partial charge in [0.05, 0.1) is 10.5 Å². The fraction of sp³-hybridized carbons (Fsp3) is 0.133. The summed E-state index contributed by atoms with van der Waals surface area (Å²) >= 11 is 0. The van der Waals surface area contributed by atoms with E-state index >= 15 is 0 Å². The standard InChI is InChI=1S/C15H13NO4/c1-11-5-7-13(8-6-11)15(17)20-10-12-3-2-4-14(9-12)16(18)19/h2-9H,10H2,1H3. The Bertz CT molecular complexity index is 635. The maximum atomic E-state index is 11.8. The van der Waals surface area contributed by atoms with E-state index in [4.69, 9.17) is 4.74 Å². The maximum absolute atomic E-state index is 11.8. The molecule has 0 saturated heterocycles. The minimum absolute atomic E-state index is 0.00832. The van der Waals surface area contributed by atoms with Crippen molar-refractivity contribution in [2.45, 2.75) is 13.5 Å². The van der Waals surface area contributed by atoms with Crippen molar-refractivity contribution < 1.29 is 14.5 Å². The fourth-order valence-corrected chi connectivity index (χ4v) is 1.68. The van der Waals surface area contributed by atoms with E-state index < -0.39 is 10.9 Å². The van der Waals surface area contributed by atoms with E-state index in [-0.39, 0.29) is 12.3 Å². The third kappa shape index (κ3) is 3.41. The zero-order valence-corrected chi connectivity index (χ0v) is 10.9. The Labute approximate surface area is 116 Å². The zero-order chi connectivity index (χ0) is 14.5. The van der Waals surface area contributed by atoms with Crippen LogP contribution in [0.25, 0.3) is 0 Å². The molecule has 0 aliphatic carbocycles. The molecule has 0 aliphatic rings. The van der Waals surface area contributed by atoms with Gasteiger partial charge in [-0.3, -0.25) is 10.1 Å². The van der Waals surface area contributed by atoms with Gasteiger partial charge in [-0.2, -0.15) is 0 Å². The van der Waals surface area contributed by atoms with Crippen LogP contribution in [-0.2, 0) is 11.3 Å². The summed E-state index contributed by atoms with van der Waals surface area (Å²) in [5.41, 5.74) is 2.08. The molecule has 0 atom stereocenters. The molecule has 2 aromatic rings. The summed E-state index contributed by atoms with van der Waals surface area (Å²) in [7, 11) is 0. The zero-order valence-electron chi connectivity index (χ0n) is 10.9. The number of nitro groups is 1. The van der Waals surface area contributed by atoms with Crippen molar-refractivity contribution in [3.05, 3.63) is 75.3 Å². The van der Waals surface area contributed by atoms with Gasteiger partial charge < -0.3 is 4.74 Å². The molecule has 0 fully saturated rings. The number of non-ortho nitro benzene ring substituents is 1. The number of hydrogen-bond acceptors (Lipinski definition) is 4. The largest absolute Gasteiger partial charge is 0.457 e. The second kappa shape index (κ2) is 5.97. The molecule has 0 heterocycles. The number of ether oxygens (including phenoxy) is 1. The van der Waals surface area contributed by atoms with Gasteiger partial charge >= 0.3 is 5.97 Å². The Morgan fingerprint density at radius 1 is 1.20 bits per heavy atom. The van der Waals surface area contributed by atoms with Crippen molar-refractivity contribution in [1.82, 2.24) is 0 Å². The molecule has 0 radical (unpaired) electrons. The topological polar surface area (TPSA) is 69.4 Å². The van der Waals surface area contributed by atoms with Gasteiger partial charge in [0.1, 0.15) is 6.61 Å². The summed E-state index contributed by atoms with van der Waals surface area (Å²) in [5, 5.41) is 10.6. The number of hydrogen-bond donors (Lipinski definition) is 0. The highest BCUT2D eigenvalue weighted by Gasteiger charge is 2.09. The number of carbonyl (C=O) groups excluding carboxylic acids is 1. The van der Waals surface area contributed by atoms with Crippen LogP contribution < -0.4 is 0 Å². The number of benzene rings is 2. The molecule has 20 heavy (non-hydrogen) atoms. The van der Waals surface area contributed by atoms with Crippen molar-refractivity contribution in [2.24, 2.45) is 0 Å². The van der Waals surface area contributed by atoms with Gasteiger partial charge in [-0.25, -0.2) is 4.79 Å². The minimum Gasteiger partial charge on any atom is -0.457 e. The number of nitro benzene ring substituents is 1. The third-order valence-corrected chi connectivity index (χ3v) is 2.78. The van der Waals surface area contributed by atoms with Crippen LogP contribution in [0.4, 0.5) is 5.69 Å². The fourth-order valence-electron chi connectivity index (χ4n) is 1.68. The molecule has 102 valence electrons. The molecular weight excluding hydrogens is 258 g/mol. The first kappa shape index (κ1) is 13.7. The summed E-state index contributed by atoms with van der Waals surface area (Å²) in [6.07, 6.45) is 0. The van der Waals surface area contributed by atoms with E-state index in [1.165, 1.54) is 12.1 Å². The van der Waals surface area contributed by atoms with Crippen LogP contribution in [0.2, 0.25) is 0 Å². The lowest BCUT2D eigenvalue weighted by Gasteiger charge is -2.05. The van der Waals surface area contributed by atoms with E-state index in [1.807, 2.05) is 19.1 Å². The highest BCUT2D eigenvalue weighted by molar-refractivity contribution is 5.89. The Morgan fingerprint density at radius 2 is 1.90 bits per heavy atom. The van der Waals surface area contributed by atoms with Crippen LogP contribution in [0.5, 0.6) is 0 Å². The molecule has 2 rings (SSSR count). The van der Waals surface area contributed by atoms with E-state index in [9.17, 15) is 14.9 Å². The van der Waals surface area contributed by atoms with Crippen molar-refractivity contribution in [2.75, 3.05) is 0 Å². The van der Waals surface area contributed by atoms with Crippen LogP contribution in [-0.4, -0.2) is 10.9 Å². The molecule has 5 heteroatoms. The molecule has 0 unspecified atom stereocenters. The second-order valence-electron chi connectivity index (χ2n) is 4.37. The molecule has 0 N–H and O–H groups in total. The molecule has 5 nitrogen and oxygen atoms in total. The monoisotopic (exact) mass is 271 g/mol. The normalized spacial score (nSPS) is 10.1. The number of carbonyl (C=O) groups is 1. The lowest BCUT2D eigenvalue weighted by atomic mass is 10.1. The van der Waals surface area contributed by atoms with Gasteiger partial charge in [0.25, 0.3) is 5.69 Å². The summed E-state index contributed by atoms with van der Waals surface area (Å²) in [6, 6.07) is 13.0. The van der Waals surface area contributed by atoms with Crippen LogP contribution in [0.1, 0.15) is 21.5 Å². The van der Waals surface area contributed by atoms with Crippen LogP contribution in [0.3, 0.4) is 0 Å². The van der Waals surface area contributed by atoms with Gasteiger partial charge in [0.15, 0.2) is 0 Å². The number of aryl methyl sites for hydroxylation is 1. The van der Waals surface area contributed by atoms with Crippen molar-refractivity contribution >= 4 is 11.7 Å². The lowest BCUT2D eigenvalue weighted by Crippen LogP contribution is -2.05. The Morgan fingerprint density at radius 3 is 2.55 bits per heavy atom. The molecule has 2 aromatic carbocycles. The second-order valence-corrected chi connectivity index (χ2v) is 4.37. The van der Waals surface area contributed by atoms with Crippen LogP contribution in [0, 0.1) is 17.0 Å². The average Bonchev–Trinajstić information content (AvgIpc) is 2.46. The van der Waals surface area contributed by atoms with Gasteiger partial charge in [-0.15, -0.1) is 0 Å². The molecular formula is C15H13NO4. The SMILES string of the molecule is Cc1ccc(C(=O)OCc2cccc([N+](=O)[O-])c2)cc1. The predicted molar refractivity (Wildman–Crippen MR) is 73.4 cm³/mol. The molecule has 0 saturated carbocycles. The average molecular weight is 271 g/mol. The number of rotatable bonds is 4. The predicted octanol–water partition coefficient (Wildman–Crippen LogP) is 3.26. The summed E-state index contributed by atoms with van der Waals surface area (Å²) in [6.45, 7) is 1.94. The van der Waals surface area contributed by atoms with Crippen molar-refractivity contribution in [1.29, 1.82) is 0 Å². The first-order valence-corrected chi connectivity index (χ1v) is 6.03. The highest BCUT2D eigenvalue weighted by atomic mass is 16.6. The summed E-state index contributed by atoms with van der Waals surface area (Å²) in [4.78, 5) is 22.0. The first-order chi connectivity index (χ1) is 9.56. The van der Waals surface area contributed by atoms with E-state index in [0.29, 0.717) is 11.1 Å². The molecule has 0 spiro atoms. The van der Waals surface area contributed by atoms with Crippen molar-refractivity contribution in [3.63, 3.8) is 0 Å². The van der Waals surface area contributed by atoms with Gasteiger partial charge in [-0.1, -0.05) is 29.8 Å². The Balaban J connectivity index is 2.01. The van der Waals surface area contributed by atoms with Crippen LogP contribution >= 0.6 is 0 Å². The number of esters is 1. The van der Waals surface area contributed by atoms with Gasteiger partial charge in [-0.05, 0) is 24.6 Å². The maximum Gasteiger partial charge on any atom is 0.338 e. The third-order valence-electron chi connectivity index (χ3n) is 2.78. The highest BCUT2D eigenvalue weighted by Crippen LogP contribution is 2.14. The summed E-state index contributed by atoms with van der Waals surface area (Å²) < 4.78 is 5.13. The van der Waals surface area contributed by atoms with E-state index in [2.05, 4.69) is 0 Å². The van der Waals surface area contributed by atoms with E-state index in [1.54, 1.807) is 24.3 Å². The minimum atomic E-state index is -0.481. The lowest BCUT2D eigenvalue weighted by molar-refractivity contribution is -0.384. The van der Waals surface area contributed by atoms with Crippen molar-refractivity contribution in [3.8, 4) is 0 Å². The Hall–Kier alpha value is -2.69. The van der Waals surface area contributed by atoms with Gasteiger partial charge in [0.2, 0.25) is 0 Å². The molecule has 0 aliphatic heterocycles.